The molecule has 2 aromatic heterocycles. The number of rotatable bonds is 2. The molecule has 8 aromatic rings. The van der Waals surface area contributed by atoms with Crippen LogP contribution in [0.4, 0.5) is 11.4 Å². The highest BCUT2D eigenvalue weighted by atomic mass is 32.1. The van der Waals surface area contributed by atoms with Gasteiger partial charge in [-0.2, -0.15) is 0 Å². The molecule has 0 amide bonds. The topological polar surface area (TPSA) is 8.17 Å². The van der Waals surface area contributed by atoms with E-state index in [1.165, 1.54) is 75.4 Å². The third-order valence-electron chi connectivity index (χ3n) is 9.50. The Balaban J connectivity index is 1.25. The van der Waals surface area contributed by atoms with Gasteiger partial charge < -0.3 is 9.47 Å². The van der Waals surface area contributed by atoms with Crippen LogP contribution in [0.15, 0.2) is 146 Å². The Kier molecular flexibility index (Phi) is 4.74. The third kappa shape index (κ3) is 3.17. The van der Waals surface area contributed by atoms with Gasteiger partial charge in [-0.3, -0.25) is 0 Å². The van der Waals surface area contributed by atoms with E-state index in [2.05, 4.69) is 155 Å². The summed E-state index contributed by atoms with van der Waals surface area (Å²) in [5.74, 6) is 0.259. The molecular weight excluding hydrogens is 541 g/mol. The van der Waals surface area contributed by atoms with Crippen molar-refractivity contribution in [2.75, 3.05) is 4.90 Å². The Hall–Kier alpha value is -5.12. The molecule has 0 bridgehead atoms. The van der Waals surface area contributed by atoms with Gasteiger partial charge in [-0.25, -0.2) is 0 Å². The summed E-state index contributed by atoms with van der Waals surface area (Å²) in [5, 5.41) is 7.94. The van der Waals surface area contributed by atoms with Crippen molar-refractivity contribution in [3.63, 3.8) is 0 Å². The Morgan fingerprint density at radius 3 is 2.21 bits per heavy atom. The first-order valence-electron chi connectivity index (χ1n) is 14.9. The summed E-state index contributed by atoms with van der Waals surface area (Å²) in [5.41, 5.74) is 7.69. The van der Waals surface area contributed by atoms with Gasteiger partial charge in [-0.1, -0.05) is 103 Å². The van der Waals surface area contributed by atoms with Gasteiger partial charge in [0.1, 0.15) is 0 Å². The van der Waals surface area contributed by atoms with E-state index in [-0.39, 0.29) is 12.0 Å². The van der Waals surface area contributed by atoms with E-state index in [4.69, 9.17) is 0 Å². The molecule has 2 nitrogen and oxygen atoms in total. The molecule has 0 spiro atoms. The summed E-state index contributed by atoms with van der Waals surface area (Å²) in [6.45, 7) is 0. The summed E-state index contributed by atoms with van der Waals surface area (Å²) >= 11 is 1.89. The number of aromatic nitrogens is 1. The fourth-order valence-corrected chi connectivity index (χ4v) is 8.85. The highest BCUT2D eigenvalue weighted by Gasteiger charge is 2.38. The van der Waals surface area contributed by atoms with E-state index in [0.717, 1.165) is 0 Å². The largest absolute Gasteiger partial charge is 0.333 e. The summed E-state index contributed by atoms with van der Waals surface area (Å²) in [4.78, 5) is 2.50. The predicted octanol–water partition coefficient (Wildman–Crippen LogP) is 11.0. The molecule has 0 radical (unpaired) electrons. The lowest BCUT2D eigenvalue weighted by Crippen LogP contribution is -2.29. The second kappa shape index (κ2) is 8.70. The molecular formula is C40H26N2S. The highest BCUT2D eigenvalue weighted by molar-refractivity contribution is 7.26. The van der Waals surface area contributed by atoms with E-state index in [9.17, 15) is 0 Å². The average molecular weight is 567 g/mol. The van der Waals surface area contributed by atoms with Crippen LogP contribution in [0.5, 0.6) is 0 Å². The van der Waals surface area contributed by atoms with Gasteiger partial charge in [-0.05, 0) is 53.4 Å². The maximum atomic E-state index is 2.52. The maximum absolute atomic E-state index is 2.52. The quantitative estimate of drug-likeness (QED) is 0.202. The van der Waals surface area contributed by atoms with E-state index in [1.54, 1.807) is 0 Å². The fraction of sp³-hybridized carbons (Fsp3) is 0.0500. The molecule has 0 fully saturated rings. The van der Waals surface area contributed by atoms with Gasteiger partial charge >= 0.3 is 0 Å². The van der Waals surface area contributed by atoms with Crippen LogP contribution >= 0.6 is 11.3 Å². The van der Waals surface area contributed by atoms with Crippen molar-refractivity contribution in [2.45, 2.75) is 12.0 Å². The molecule has 0 saturated carbocycles. The fourth-order valence-electron chi connectivity index (χ4n) is 7.73. The number of anilines is 2. The Labute approximate surface area is 253 Å². The predicted molar refractivity (Wildman–Crippen MR) is 185 cm³/mol. The second-order valence-electron chi connectivity index (χ2n) is 11.7. The minimum Gasteiger partial charge on any atom is -0.333 e. The molecule has 0 N–H and O–H groups in total. The van der Waals surface area contributed by atoms with Gasteiger partial charge in [0, 0.05) is 59.3 Å². The van der Waals surface area contributed by atoms with E-state index in [0.29, 0.717) is 0 Å². The number of para-hydroxylation sites is 3. The first-order valence-corrected chi connectivity index (χ1v) is 15.8. The monoisotopic (exact) mass is 566 g/mol. The van der Waals surface area contributed by atoms with Gasteiger partial charge in [-0.15, -0.1) is 11.3 Å². The average Bonchev–Trinajstić information content (AvgIpc) is 3.72. The van der Waals surface area contributed by atoms with Crippen LogP contribution in [0.1, 0.15) is 11.5 Å². The summed E-state index contributed by atoms with van der Waals surface area (Å²) in [6.07, 6.45) is 7.28. The highest BCUT2D eigenvalue weighted by Crippen LogP contribution is 2.50. The molecule has 1 aliphatic heterocycles. The van der Waals surface area contributed by atoms with Crippen LogP contribution in [0, 0.1) is 0 Å². The van der Waals surface area contributed by atoms with Crippen LogP contribution in [0.2, 0.25) is 0 Å². The lowest BCUT2D eigenvalue weighted by atomic mass is 9.90. The zero-order valence-electron chi connectivity index (χ0n) is 23.3. The van der Waals surface area contributed by atoms with Crippen molar-refractivity contribution in [1.29, 1.82) is 0 Å². The Morgan fingerprint density at radius 1 is 0.558 bits per heavy atom. The molecule has 10 rings (SSSR count). The first-order chi connectivity index (χ1) is 21.3. The van der Waals surface area contributed by atoms with Crippen molar-refractivity contribution in [2.24, 2.45) is 0 Å². The van der Waals surface area contributed by atoms with Crippen molar-refractivity contribution in [3.8, 4) is 0 Å². The zero-order valence-corrected chi connectivity index (χ0v) is 24.1. The number of thiophene rings is 1. The molecule has 2 aliphatic rings. The van der Waals surface area contributed by atoms with Crippen LogP contribution in [0.25, 0.3) is 58.4 Å². The van der Waals surface area contributed by atoms with Crippen molar-refractivity contribution < 1.29 is 0 Å². The van der Waals surface area contributed by atoms with E-state index >= 15 is 0 Å². The first kappa shape index (κ1) is 23.4. The standard InChI is InChI=1S/C40H26N2S/c1-2-10-25(11-3-1)41-34-15-7-5-13-28(34)33-24-26(18-22-36(33)41)42-35-16-8-4-12-27(35)30-20-19-29-31(40(30)42)21-23-38-39(29)32-14-6-9-17-37(32)43-38/h1-24,33,36H. The summed E-state index contributed by atoms with van der Waals surface area (Å²) in [7, 11) is 0. The second-order valence-corrected chi connectivity index (χ2v) is 12.8. The smallest absolute Gasteiger partial charge is 0.0631 e. The lowest BCUT2D eigenvalue weighted by Gasteiger charge is -2.30. The van der Waals surface area contributed by atoms with E-state index < -0.39 is 0 Å². The Morgan fingerprint density at radius 2 is 1.28 bits per heavy atom. The zero-order chi connectivity index (χ0) is 28.1. The lowest BCUT2D eigenvalue weighted by molar-refractivity contribution is 0.743. The van der Waals surface area contributed by atoms with Crippen molar-refractivity contribution in [1.82, 2.24) is 4.57 Å². The molecule has 202 valence electrons. The number of allylic oxidation sites excluding steroid dienone is 2. The minimum absolute atomic E-state index is 0.241. The van der Waals surface area contributed by atoms with Gasteiger partial charge in [0.05, 0.1) is 17.1 Å². The molecule has 2 unspecified atom stereocenters. The van der Waals surface area contributed by atoms with Crippen LogP contribution in [-0.4, -0.2) is 10.6 Å². The number of hydrogen-bond acceptors (Lipinski definition) is 2. The molecule has 0 saturated heterocycles. The van der Waals surface area contributed by atoms with Crippen molar-refractivity contribution >= 4 is 81.2 Å². The number of benzene rings is 6. The van der Waals surface area contributed by atoms with Gasteiger partial charge in [0.2, 0.25) is 0 Å². The minimum atomic E-state index is 0.241. The van der Waals surface area contributed by atoms with E-state index in [1.807, 2.05) is 11.3 Å². The number of nitrogens with zero attached hydrogens (tertiary/aromatic N) is 2. The molecule has 3 heterocycles. The molecule has 6 aromatic carbocycles. The number of fused-ring (bicyclic) bond motifs is 12. The summed E-state index contributed by atoms with van der Waals surface area (Å²) < 4.78 is 5.21. The SMILES string of the molecule is C1=CC2C(C=C1n1c3ccccc3c3ccc4c(ccc5sc6ccccc6c54)c31)c1ccccc1N2c1ccccc1. The molecule has 1 aliphatic carbocycles. The number of hydrogen-bond donors (Lipinski definition) is 0. The van der Waals surface area contributed by atoms with Gasteiger partial charge in [0.25, 0.3) is 0 Å². The third-order valence-corrected chi connectivity index (χ3v) is 10.6. The Bertz CT molecular complexity index is 2480. The molecule has 43 heavy (non-hydrogen) atoms. The van der Waals surface area contributed by atoms with Gasteiger partial charge in [0.15, 0.2) is 0 Å². The molecule has 3 heteroatoms. The molecule has 2 atom stereocenters. The maximum Gasteiger partial charge on any atom is 0.0631 e. The van der Waals surface area contributed by atoms with Crippen LogP contribution in [-0.2, 0) is 0 Å². The van der Waals surface area contributed by atoms with Crippen molar-refractivity contribution in [3.05, 3.63) is 151 Å². The summed E-state index contributed by atoms with van der Waals surface area (Å²) in [6, 6.07) is 47.1. The van der Waals surface area contributed by atoms with Crippen LogP contribution < -0.4 is 4.90 Å². The van der Waals surface area contributed by atoms with Crippen LogP contribution in [0.3, 0.4) is 0 Å². The normalized spacial score (nSPS) is 17.8.